The minimum atomic E-state index is 0.712. The van der Waals surface area contributed by atoms with Crippen LogP contribution in [0.25, 0.3) is 0 Å². The standard InChI is InChI=1S/C12H19N5S/c1-9-5-6-10(18-9)7-8-17(4)12-13-11(14-15-12)16(2)3/h5-6H,7-8H2,1-4H3,(H,13,14,15). The molecule has 0 atom stereocenters. The van der Waals surface area contributed by atoms with Crippen LogP contribution in [0, 0.1) is 6.92 Å². The second kappa shape index (κ2) is 5.39. The molecular formula is C12H19N5S. The Morgan fingerprint density at radius 2 is 2.06 bits per heavy atom. The molecule has 0 aromatic carbocycles. The number of rotatable bonds is 5. The number of hydrogen-bond acceptors (Lipinski definition) is 5. The van der Waals surface area contributed by atoms with Gasteiger partial charge in [-0.1, -0.05) is 0 Å². The second-order valence-electron chi connectivity index (χ2n) is 4.54. The number of thiophene rings is 1. The first kappa shape index (κ1) is 12.9. The normalized spacial score (nSPS) is 10.7. The van der Waals surface area contributed by atoms with Crippen LogP contribution in [0.5, 0.6) is 0 Å². The molecule has 0 amide bonds. The molecule has 6 heteroatoms. The number of aromatic amines is 1. The summed E-state index contributed by atoms with van der Waals surface area (Å²) in [5.41, 5.74) is 0. The molecule has 0 aliphatic carbocycles. The lowest BCUT2D eigenvalue weighted by molar-refractivity contribution is 0.848. The maximum atomic E-state index is 4.42. The molecule has 0 fully saturated rings. The number of nitrogens with one attached hydrogen (secondary N) is 1. The van der Waals surface area contributed by atoms with Crippen molar-refractivity contribution < 1.29 is 0 Å². The van der Waals surface area contributed by atoms with Crippen LogP contribution >= 0.6 is 11.3 Å². The van der Waals surface area contributed by atoms with Crippen LogP contribution in [-0.4, -0.2) is 42.9 Å². The summed E-state index contributed by atoms with van der Waals surface area (Å²) in [6.45, 7) is 3.07. The molecule has 2 aromatic rings. The van der Waals surface area contributed by atoms with Crippen molar-refractivity contribution in [2.75, 3.05) is 37.5 Å². The second-order valence-corrected chi connectivity index (χ2v) is 5.91. The molecule has 2 heterocycles. The highest BCUT2D eigenvalue weighted by Crippen LogP contribution is 2.17. The molecular weight excluding hydrogens is 246 g/mol. The first-order chi connectivity index (χ1) is 8.56. The summed E-state index contributed by atoms with van der Waals surface area (Å²) >= 11 is 1.85. The van der Waals surface area contributed by atoms with E-state index in [1.807, 2.05) is 37.4 Å². The van der Waals surface area contributed by atoms with Crippen LogP contribution in [0.15, 0.2) is 12.1 Å². The highest BCUT2D eigenvalue weighted by Gasteiger charge is 2.09. The zero-order chi connectivity index (χ0) is 13.1. The SMILES string of the molecule is Cc1ccc(CCN(C)c2nc(N(C)C)n[nH]2)s1. The van der Waals surface area contributed by atoms with E-state index in [0.29, 0.717) is 5.95 Å². The first-order valence-corrected chi connectivity index (χ1v) is 6.74. The average molecular weight is 265 g/mol. The predicted octanol–water partition coefficient (Wildman–Crippen LogP) is 1.92. The van der Waals surface area contributed by atoms with Gasteiger partial charge in [-0.15, -0.1) is 16.4 Å². The van der Waals surface area contributed by atoms with Gasteiger partial charge in [-0.25, -0.2) is 5.10 Å². The third-order valence-corrected chi connectivity index (χ3v) is 3.77. The average Bonchev–Trinajstić information content (AvgIpc) is 2.94. The van der Waals surface area contributed by atoms with Crippen molar-refractivity contribution in [3.05, 3.63) is 21.9 Å². The van der Waals surface area contributed by atoms with E-state index in [-0.39, 0.29) is 0 Å². The lowest BCUT2D eigenvalue weighted by Gasteiger charge is -2.14. The summed E-state index contributed by atoms with van der Waals surface area (Å²) in [7, 11) is 5.89. The fourth-order valence-corrected chi connectivity index (χ4v) is 2.50. The number of aromatic nitrogens is 3. The molecule has 0 saturated heterocycles. The number of likely N-dealkylation sites (N-methyl/N-ethyl adjacent to an activating group) is 1. The van der Waals surface area contributed by atoms with E-state index in [0.717, 1.165) is 18.9 Å². The fourth-order valence-electron chi connectivity index (χ4n) is 1.62. The van der Waals surface area contributed by atoms with Gasteiger partial charge in [-0.05, 0) is 25.5 Å². The molecule has 0 radical (unpaired) electrons. The summed E-state index contributed by atoms with van der Waals surface area (Å²) in [6, 6.07) is 4.36. The summed E-state index contributed by atoms with van der Waals surface area (Å²) in [6.07, 6.45) is 1.03. The van der Waals surface area contributed by atoms with Crippen molar-refractivity contribution in [2.24, 2.45) is 0 Å². The zero-order valence-corrected chi connectivity index (χ0v) is 12.1. The number of H-pyrrole nitrogens is 1. The van der Waals surface area contributed by atoms with Gasteiger partial charge in [-0.2, -0.15) is 4.98 Å². The molecule has 1 N–H and O–H groups in total. The van der Waals surface area contributed by atoms with E-state index in [1.54, 1.807) is 0 Å². The topological polar surface area (TPSA) is 48.1 Å². The maximum Gasteiger partial charge on any atom is 0.245 e. The van der Waals surface area contributed by atoms with Gasteiger partial charge in [0, 0.05) is 37.4 Å². The van der Waals surface area contributed by atoms with Crippen LogP contribution in [0.3, 0.4) is 0 Å². The van der Waals surface area contributed by atoms with E-state index in [2.05, 4.69) is 39.1 Å². The van der Waals surface area contributed by atoms with Crippen molar-refractivity contribution in [1.82, 2.24) is 15.2 Å². The van der Waals surface area contributed by atoms with Crippen LogP contribution in [0.2, 0.25) is 0 Å². The molecule has 0 bridgehead atoms. The Kier molecular flexibility index (Phi) is 3.86. The summed E-state index contributed by atoms with van der Waals surface area (Å²) in [5, 5.41) is 7.10. The fraction of sp³-hybridized carbons (Fsp3) is 0.500. The molecule has 0 aliphatic rings. The van der Waals surface area contributed by atoms with E-state index in [1.165, 1.54) is 9.75 Å². The largest absolute Gasteiger partial charge is 0.346 e. The van der Waals surface area contributed by atoms with Crippen LogP contribution in [-0.2, 0) is 6.42 Å². The Morgan fingerprint density at radius 3 is 2.61 bits per heavy atom. The Bertz CT molecular complexity index is 502. The van der Waals surface area contributed by atoms with Crippen LogP contribution in [0.4, 0.5) is 11.9 Å². The molecule has 0 aliphatic heterocycles. The smallest absolute Gasteiger partial charge is 0.245 e. The lowest BCUT2D eigenvalue weighted by Crippen LogP contribution is -2.21. The molecule has 0 saturated carbocycles. The quantitative estimate of drug-likeness (QED) is 0.897. The minimum absolute atomic E-state index is 0.712. The Morgan fingerprint density at radius 1 is 1.28 bits per heavy atom. The van der Waals surface area contributed by atoms with E-state index < -0.39 is 0 Å². The molecule has 98 valence electrons. The number of aryl methyl sites for hydroxylation is 1. The molecule has 5 nitrogen and oxygen atoms in total. The summed E-state index contributed by atoms with van der Waals surface area (Å²) in [4.78, 5) is 11.2. The van der Waals surface area contributed by atoms with Crippen molar-refractivity contribution in [1.29, 1.82) is 0 Å². The van der Waals surface area contributed by atoms with Crippen molar-refractivity contribution >= 4 is 23.2 Å². The van der Waals surface area contributed by atoms with E-state index in [4.69, 9.17) is 0 Å². The van der Waals surface area contributed by atoms with Crippen molar-refractivity contribution in [3.8, 4) is 0 Å². The van der Waals surface area contributed by atoms with E-state index >= 15 is 0 Å². The zero-order valence-electron chi connectivity index (χ0n) is 11.3. The third-order valence-electron chi connectivity index (χ3n) is 2.71. The molecule has 0 unspecified atom stereocenters. The van der Waals surface area contributed by atoms with Gasteiger partial charge in [0.25, 0.3) is 0 Å². The van der Waals surface area contributed by atoms with Gasteiger partial charge >= 0.3 is 0 Å². The summed E-state index contributed by atoms with van der Waals surface area (Å²) in [5.74, 6) is 1.52. The van der Waals surface area contributed by atoms with Gasteiger partial charge in [0.2, 0.25) is 11.9 Å². The molecule has 2 rings (SSSR count). The minimum Gasteiger partial charge on any atom is -0.346 e. The van der Waals surface area contributed by atoms with Crippen LogP contribution in [0.1, 0.15) is 9.75 Å². The van der Waals surface area contributed by atoms with Gasteiger partial charge < -0.3 is 9.80 Å². The molecule has 2 aromatic heterocycles. The maximum absolute atomic E-state index is 4.42. The monoisotopic (exact) mass is 265 g/mol. The predicted molar refractivity (Wildman–Crippen MR) is 76.7 cm³/mol. The van der Waals surface area contributed by atoms with Crippen LogP contribution < -0.4 is 9.80 Å². The third kappa shape index (κ3) is 3.01. The Hall–Kier alpha value is -1.56. The number of nitrogens with zero attached hydrogens (tertiary/aromatic N) is 4. The Balaban J connectivity index is 1.92. The highest BCUT2D eigenvalue weighted by atomic mass is 32.1. The van der Waals surface area contributed by atoms with Gasteiger partial charge in [0.1, 0.15) is 0 Å². The first-order valence-electron chi connectivity index (χ1n) is 5.92. The lowest BCUT2D eigenvalue weighted by atomic mass is 10.3. The molecule has 0 spiro atoms. The summed E-state index contributed by atoms with van der Waals surface area (Å²) < 4.78 is 0. The van der Waals surface area contributed by atoms with Gasteiger partial charge in [0.15, 0.2) is 0 Å². The Labute approximate surface area is 111 Å². The van der Waals surface area contributed by atoms with Crippen molar-refractivity contribution in [3.63, 3.8) is 0 Å². The van der Waals surface area contributed by atoms with E-state index in [9.17, 15) is 0 Å². The number of anilines is 2. The molecule has 18 heavy (non-hydrogen) atoms. The van der Waals surface area contributed by atoms with Gasteiger partial charge in [-0.3, -0.25) is 0 Å². The van der Waals surface area contributed by atoms with Crippen molar-refractivity contribution in [2.45, 2.75) is 13.3 Å². The highest BCUT2D eigenvalue weighted by molar-refractivity contribution is 7.11. The van der Waals surface area contributed by atoms with Gasteiger partial charge in [0.05, 0.1) is 0 Å². The number of hydrogen-bond donors (Lipinski definition) is 1.